The molecule has 0 radical (unpaired) electrons. The summed E-state index contributed by atoms with van der Waals surface area (Å²) in [6, 6.07) is 7.74. The summed E-state index contributed by atoms with van der Waals surface area (Å²) in [4.78, 5) is 11.7. The molecule has 1 heterocycles. The first-order chi connectivity index (χ1) is 10.6. The average molecular weight is 317 g/mol. The fourth-order valence-corrected chi connectivity index (χ4v) is 2.40. The number of aryl methyl sites for hydroxylation is 1. The van der Waals surface area contributed by atoms with Gasteiger partial charge in [0.15, 0.2) is 5.82 Å². The Balaban J connectivity index is 2.47. The molecule has 1 amide bonds. The predicted molar refractivity (Wildman–Crippen MR) is 86.2 cm³/mol. The fraction of sp³-hybridized carbons (Fsp3) is 0.312. The number of nitriles is 1. The maximum absolute atomic E-state index is 11.7. The summed E-state index contributed by atoms with van der Waals surface area (Å²) in [5, 5.41) is 16.6. The number of carbonyl (C=O) groups excluding carboxylic acids is 1. The number of rotatable bonds is 5. The van der Waals surface area contributed by atoms with Gasteiger partial charge in [0.2, 0.25) is 5.91 Å². The van der Waals surface area contributed by atoms with E-state index in [1.807, 2.05) is 24.3 Å². The van der Waals surface area contributed by atoms with Gasteiger partial charge in [0.1, 0.15) is 11.6 Å². The molecule has 0 bridgehead atoms. The molecule has 1 aromatic carbocycles. The minimum absolute atomic E-state index is 0.183. The van der Waals surface area contributed by atoms with Crippen LogP contribution in [0.2, 0.25) is 5.02 Å². The summed E-state index contributed by atoms with van der Waals surface area (Å²) in [5.74, 6) is 0.163. The van der Waals surface area contributed by atoms with E-state index < -0.39 is 0 Å². The zero-order chi connectivity index (χ0) is 16.1. The Morgan fingerprint density at radius 3 is 2.82 bits per heavy atom. The van der Waals surface area contributed by atoms with Gasteiger partial charge in [-0.15, -0.1) is 0 Å². The lowest BCUT2D eigenvalue weighted by Gasteiger charge is -2.11. The average Bonchev–Trinajstić information content (AvgIpc) is 2.90. The number of amides is 1. The molecule has 0 fully saturated rings. The highest BCUT2D eigenvalue weighted by atomic mass is 35.5. The number of halogens is 1. The van der Waals surface area contributed by atoms with Crippen molar-refractivity contribution in [2.24, 2.45) is 0 Å². The second-order valence-electron chi connectivity index (χ2n) is 4.87. The van der Waals surface area contributed by atoms with E-state index in [1.54, 1.807) is 6.92 Å². The monoisotopic (exact) mass is 316 g/mol. The third-order valence-corrected chi connectivity index (χ3v) is 3.55. The summed E-state index contributed by atoms with van der Waals surface area (Å²) in [7, 11) is 0. The minimum atomic E-state index is -0.183. The first kappa shape index (κ1) is 16.1. The Bertz CT molecular complexity index is 730. The van der Waals surface area contributed by atoms with Gasteiger partial charge in [-0.05, 0) is 24.1 Å². The normalized spacial score (nSPS) is 10.3. The van der Waals surface area contributed by atoms with Crippen LogP contribution in [0, 0.1) is 11.3 Å². The molecular weight excluding hydrogens is 300 g/mol. The zero-order valence-corrected chi connectivity index (χ0v) is 13.3. The van der Waals surface area contributed by atoms with Crippen LogP contribution in [-0.4, -0.2) is 15.7 Å². The summed E-state index contributed by atoms with van der Waals surface area (Å²) in [6.07, 6.45) is 3.72. The highest BCUT2D eigenvalue weighted by Crippen LogP contribution is 2.27. The van der Waals surface area contributed by atoms with E-state index in [1.165, 1.54) is 10.9 Å². The molecule has 0 saturated carbocycles. The fourth-order valence-electron chi connectivity index (χ4n) is 2.12. The van der Waals surface area contributed by atoms with Crippen LogP contribution in [0.15, 0.2) is 24.4 Å². The quantitative estimate of drug-likeness (QED) is 0.914. The van der Waals surface area contributed by atoms with Crippen LogP contribution >= 0.6 is 11.6 Å². The van der Waals surface area contributed by atoms with Crippen LogP contribution in [0.25, 0.3) is 5.69 Å². The molecule has 0 saturated heterocycles. The molecule has 5 nitrogen and oxygen atoms in total. The van der Waals surface area contributed by atoms with E-state index in [2.05, 4.69) is 17.3 Å². The van der Waals surface area contributed by atoms with Gasteiger partial charge < -0.3 is 5.32 Å². The minimum Gasteiger partial charge on any atom is -0.309 e. The Hall–Kier alpha value is -2.32. The van der Waals surface area contributed by atoms with Crippen molar-refractivity contribution in [1.29, 1.82) is 5.26 Å². The molecule has 0 unspecified atom stereocenters. The number of nitrogens with one attached hydrogen (secondary N) is 1. The highest BCUT2D eigenvalue weighted by Gasteiger charge is 2.16. The number of hydrogen-bond acceptors (Lipinski definition) is 3. The molecule has 6 heteroatoms. The van der Waals surface area contributed by atoms with Gasteiger partial charge in [-0.1, -0.05) is 37.9 Å². The van der Waals surface area contributed by atoms with E-state index in [-0.39, 0.29) is 5.91 Å². The molecule has 0 atom stereocenters. The van der Waals surface area contributed by atoms with Crippen molar-refractivity contribution < 1.29 is 4.79 Å². The Morgan fingerprint density at radius 2 is 2.23 bits per heavy atom. The van der Waals surface area contributed by atoms with Crippen molar-refractivity contribution in [3.05, 3.63) is 40.5 Å². The molecular formula is C16H17ClN4O. The molecule has 0 aliphatic carbocycles. The summed E-state index contributed by atoms with van der Waals surface area (Å²) >= 11 is 6.34. The van der Waals surface area contributed by atoms with Gasteiger partial charge in [0, 0.05) is 6.42 Å². The predicted octanol–water partition coefficient (Wildman–Crippen LogP) is 3.70. The van der Waals surface area contributed by atoms with E-state index in [0.29, 0.717) is 28.5 Å². The lowest BCUT2D eigenvalue weighted by molar-refractivity contribution is -0.115. The van der Waals surface area contributed by atoms with Crippen molar-refractivity contribution >= 4 is 23.3 Å². The third-order valence-electron chi connectivity index (χ3n) is 3.25. The van der Waals surface area contributed by atoms with Gasteiger partial charge in [-0.25, -0.2) is 4.68 Å². The first-order valence-corrected chi connectivity index (χ1v) is 7.55. The highest BCUT2D eigenvalue weighted by molar-refractivity contribution is 6.32. The maximum atomic E-state index is 11.7. The van der Waals surface area contributed by atoms with Gasteiger partial charge in [-0.3, -0.25) is 4.79 Å². The van der Waals surface area contributed by atoms with E-state index in [9.17, 15) is 4.79 Å². The molecule has 0 aliphatic heterocycles. The molecule has 1 aromatic heterocycles. The first-order valence-electron chi connectivity index (χ1n) is 7.17. The summed E-state index contributed by atoms with van der Waals surface area (Å²) in [5.41, 5.74) is 2.08. The standard InChI is InChI=1S/C16H17ClN4O/c1-3-5-11-6-7-14(13(17)8-11)21-16(20-15(22)4-2)12(9-18)10-19-21/h6-8,10H,3-5H2,1-2H3,(H,20,22). The Kier molecular flexibility index (Phi) is 5.18. The number of nitrogens with zero attached hydrogens (tertiary/aromatic N) is 3. The molecule has 2 rings (SSSR count). The van der Waals surface area contributed by atoms with Gasteiger partial charge in [-0.2, -0.15) is 10.4 Å². The van der Waals surface area contributed by atoms with Crippen molar-refractivity contribution in [3.63, 3.8) is 0 Å². The lowest BCUT2D eigenvalue weighted by Crippen LogP contribution is -2.14. The van der Waals surface area contributed by atoms with Crippen LogP contribution in [-0.2, 0) is 11.2 Å². The second kappa shape index (κ2) is 7.10. The van der Waals surface area contributed by atoms with E-state index in [0.717, 1.165) is 18.4 Å². The number of carbonyl (C=O) groups is 1. The summed E-state index contributed by atoms with van der Waals surface area (Å²) < 4.78 is 1.49. The SMILES string of the molecule is CCCc1ccc(-n2ncc(C#N)c2NC(=O)CC)c(Cl)c1. The zero-order valence-electron chi connectivity index (χ0n) is 12.6. The van der Waals surface area contributed by atoms with Crippen LogP contribution < -0.4 is 5.32 Å². The van der Waals surface area contributed by atoms with Crippen molar-refractivity contribution in [2.45, 2.75) is 33.1 Å². The number of aromatic nitrogens is 2. The molecule has 22 heavy (non-hydrogen) atoms. The summed E-state index contributed by atoms with van der Waals surface area (Å²) in [6.45, 7) is 3.85. The van der Waals surface area contributed by atoms with Crippen molar-refractivity contribution in [1.82, 2.24) is 9.78 Å². The van der Waals surface area contributed by atoms with Crippen molar-refractivity contribution in [2.75, 3.05) is 5.32 Å². The van der Waals surface area contributed by atoms with Gasteiger partial charge in [0.05, 0.1) is 16.9 Å². The number of benzene rings is 1. The Labute approximate surface area is 134 Å². The van der Waals surface area contributed by atoms with Crippen molar-refractivity contribution in [3.8, 4) is 11.8 Å². The molecule has 1 N–H and O–H groups in total. The largest absolute Gasteiger partial charge is 0.309 e. The second-order valence-corrected chi connectivity index (χ2v) is 5.28. The maximum Gasteiger partial charge on any atom is 0.225 e. The van der Waals surface area contributed by atoms with Crippen LogP contribution in [0.1, 0.15) is 37.8 Å². The van der Waals surface area contributed by atoms with Gasteiger partial charge in [0.25, 0.3) is 0 Å². The number of hydrogen-bond donors (Lipinski definition) is 1. The topological polar surface area (TPSA) is 70.7 Å². The lowest BCUT2D eigenvalue weighted by atomic mass is 10.1. The smallest absolute Gasteiger partial charge is 0.225 e. The van der Waals surface area contributed by atoms with Crippen LogP contribution in [0.5, 0.6) is 0 Å². The van der Waals surface area contributed by atoms with Crippen LogP contribution in [0.4, 0.5) is 5.82 Å². The van der Waals surface area contributed by atoms with Crippen LogP contribution in [0.3, 0.4) is 0 Å². The molecule has 0 spiro atoms. The number of anilines is 1. The molecule has 2 aromatic rings. The van der Waals surface area contributed by atoms with E-state index in [4.69, 9.17) is 16.9 Å². The molecule has 0 aliphatic rings. The van der Waals surface area contributed by atoms with Gasteiger partial charge >= 0.3 is 0 Å². The third kappa shape index (κ3) is 3.29. The Morgan fingerprint density at radius 1 is 1.45 bits per heavy atom. The van der Waals surface area contributed by atoms with E-state index >= 15 is 0 Å². The molecule has 114 valence electrons.